The van der Waals surface area contributed by atoms with E-state index < -0.39 is 17.7 Å². The van der Waals surface area contributed by atoms with Gasteiger partial charge in [-0.05, 0) is 49.1 Å². The van der Waals surface area contributed by atoms with Crippen LogP contribution < -0.4 is 14.4 Å². The SMILES string of the molecule is COc1ccc(/C(O)=C2/C(=O)C(=O)N(c3ccc(-c4ccon4)cc3)C2C2CCCCC2)cc1OC. The molecule has 0 radical (unpaired) electrons. The minimum absolute atomic E-state index is 0.0571. The molecule has 1 aromatic heterocycles. The number of carbonyl (C=O) groups is 2. The van der Waals surface area contributed by atoms with Gasteiger partial charge in [-0.1, -0.05) is 36.6 Å². The van der Waals surface area contributed by atoms with Crippen LogP contribution in [0.3, 0.4) is 0 Å². The van der Waals surface area contributed by atoms with Crippen LogP contribution in [0, 0.1) is 5.92 Å². The van der Waals surface area contributed by atoms with Crippen molar-refractivity contribution in [3.8, 4) is 22.8 Å². The van der Waals surface area contributed by atoms with Crippen molar-refractivity contribution in [3.05, 3.63) is 65.9 Å². The second-order valence-corrected chi connectivity index (χ2v) is 9.11. The number of ether oxygens (including phenoxy) is 2. The standard InChI is InChI=1S/C28H28N2O6/c1-34-22-13-10-19(16-23(22)35-2)26(31)24-25(18-6-4-3-5-7-18)30(28(33)27(24)32)20-11-8-17(9-12-20)21-14-15-36-29-21/h8-16,18,25,31H,3-7H2,1-2H3/b26-24-. The molecule has 1 atom stereocenters. The van der Waals surface area contributed by atoms with Crippen molar-refractivity contribution >= 4 is 23.1 Å². The third-order valence-corrected chi connectivity index (χ3v) is 7.12. The minimum atomic E-state index is -0.682. The average molecular weight is 489 g/mol. The van der Waals surface area contributed by atoms with E-state index in [0.717, 1.165) is 37.7 Å². The van der Waals surface area contributed by atoms with Crippen LogP contribution in [0.25, 0.3) is 17.0 Å². The van der Waals surface area contributed by atoms with E-state index >= 15 is 0 Å². The largest absolute Gasteiger partial charge is 0.507 e. The van der Waals surface area contributed by atoms with Crippen LogP contribution >= 0.6 is 0 Å². The van der Waals surface area contributed by atoms with Crippen LogP contribution in [-0.4, -0.2) is 42.2 Å². The number of rotatable bonds is 6. The molecular weight excluding hydrogens is 460 g/mol. The molecule has 2 aliphatic rings. The topological polar surface area (TPSA) is 102 Å². The van der Waals surface area contributed by atoms with Gasteiger partial charge >= 0.3 is 0 Å². The highest BCUT2D eigenvalue weighted by Gasteiger charge is 2.49. The number of aliphatic hydroxyl groups excluding tert-OH is 1. The summed E-state index contributed by atoms with van der Waals surface area (Å²) in [5, 5.41) is 15.3. The highest BCUT2D eigenvalue weighted by Crippen LogP contribution is 2.42. The number of aromatic nitrogens is 1. The summed E-state index contributed by atoms with van der Waals surface area (Å²) >= 11 is 0. The van der Waals surface area contributed by atoms with Crippen LogP contribution in [0.15, 0.2) is 64.9 Å². The van der Waals surface area contributed by atoms with Crippen molar-refractivity contribution in [2.75, 3.05) is 19.1 Å². The van der Waals surface area contributed by atoms with Crippen LogP contribution in [0.2, 0.25) is 0 Å². The van der Waals surface area contributed by atoms with Crippen molar-refractivity contribution in [1.82, 2.24) is 5.16 Å². The zero-order chi connectivity index (χ0) is 25.2. The average Bonchev–Trinajstić information content (AvgIpc) is 3.55. The molecule has 2 fully saturated rings. The highest BCUT2D eigenvalue weighted by atomic mass is 16.5. The van der Waals surface area contributed by atoms with Gasteiger partial charge in [0.05, 0.1) is 25.8 Å². The van der Waals surface area contributed by atoms with Gasteiger partial charge < -0.3 is 19.1 Å². The van der Waals surface area contributed by atoms with Crippen LogP contribution in [0.4, 0.5) is 5.69 Å². The number of Topliss-reactive ketones (excluding diaryl/α,β-unsaturated/α-hetero) is 1. The van der Waals surface area contributed by atoms with Gasteiger partial charge in [0.2, 0.25) is 0 Å². The van der Waals surface area contributed by atoms with Crippen LogP contribution in [0.5, 0.6) is 11.5 Å². The maximum absolute atomic E-state index is 13.4. The molecule has 1 aliphatic heterocycles. The van der Waals surface area contributed by atoms with E-state index in [0.29, 0.717) is 28.4 Å². The fourth-order valence-electron chi connectivity index (χ4n) is 5.33. The van der Waals surface area contributed by atoms with E-state index in [1.807, 2.05) is 12.1 Å². The summed E-state index contributed by atoms with van der Waals surface area (Å²) < 4.78 is 15.6. The molecule has 0 spiro atoms. The number of ketones is 1. The number of benzene rings is 2. The lowest BCUT2D eigenvalue weighted by Gasteiger charge is -2.34. The molecule has 1 aliphatic carbocycles. The fourth-order valence-corrected chi connectivity index (χ4v) is 5.33. The summed E-state index contributed by atoms with van der Waals surface area (Å²) in [6.45, 7) is 0. The predicted molar refractivity (Wildman–Crippen MR) is 134 cm³/mol. The molecule has 5 rings (SSSR count). The lowest BCUT2D eigenvalue weighted by Crippen LogP contribution is -2.40. The molecule has 1 saturated heterocycles. The summed E-state index contributed by atoms with van der Waals surface area (Å²) in [6.07, 6.45) is 6.42. The fraction of sp³-hybridized carbons (Fsp3) is 0.321. The first-order valence-electron chi connectivity index (χ1n) is 12.1. The Bertz CT molecular complexity index is 1290. The Morgan fingerprint density at radius 2 is 1.69 bits per heavy atom. The monoisotopic (exact) mass is 488 g/mol. The quantitative estimate of drug-likeness (QED) is 0.289. The second kappa shape index (κ2) is 9.89. The number of hydrogen-bond donors (Lipinski definition) is 1. The van der Waals surface area contributed by atoms with Gasteiger partial charge in [-0.15, -0.1) is 0 Å². The summed E-state index contributed by atoms with van der Waals surface area (Å²) in [5.41, 5.74) is 2.66. The number of amides is 1. The van der Waals surface area contributed by atoms with Gasteiger partial charge in [0.15, 0.2) is 11.5 Å². The van der Waals surface area contributed by atoms with Crippen molar-refractivity contribution in [2.24, 2.45) is 5.92 Å². The van der Waals surface area contributed by atoms with Crippen LogP contribution in [0.1, 0.15) is 37.7 Å². The number of carbonyl (C=O) groups excluding carboxylic acids is 2. The molecule has 2 heterocycles. The Labute approximate surface area is 209 Å². The molecule has 3 aromatic rings. The zero-order valence-corrected chi connectivity index (χ0v) is 20.3. The first-order valence-corrected chi connectivity index (χ1v) is 12.1. The lowest BCUT2D eigenvalue weighted by molar-refractivity contribution is -0.132. The Morgan fingerprint density at radius 1 is 0.972 bits per heavy atom. The predicted octanol–water partition coefficient (Wildman–Crippen LogP) is 5.19. The molecule has 2 aromatic carbocycles. The van der Waals surface area contributed by atoms with Gasteiger partial charge in [-0.25, -0.2) is 0 Å². The smallest absolute Gasteiger partial charge is 0.299 e. The maximum atomic E-state index is 13.4. The molecule has 1 saturated carbocycles. The Balaban J connectivity index is 1.60. The Morgan fingerprint density at radius 3 is 2.33 bits per heavy atom. The van der Waals surface area contributed by atoms with E-state index in [9.17, 15) is 14.7 Å². The first-order chi connectivity index (χ1) is 17.5. The van der Waals surface area contributed by atoms with Gasteiger partial charge in [0, 0.05) is 22.9 Å². The second-order valence-electron chi connectivity index (χ2n) is 9.11. The number of anilines is 1. The van der Waals surface area contributed by atoms with E-state index in [4.69, 9.17) is 14.0 Å². The van der Waals surface area contributed by atoms with Gasteiger partial charge in [0.25, 0.3) is 11.7 Å². The Kier molecular flexibility index (Phi) is 6.50. The minimum Gasteiger partial charge on any atom is -0.507 e. The normalized spacial score (nSPS) is 20.1. The molecule has 8 heteroatoms. The summed E-state index contributed by atoms with van der Waals surface area (Å²) in [7, 11) is 3.03. The number of hydrogen-bond acceptors (Lipinski definition) is 7. The number of nitrogens with zero attached hydrogens (tertiary/aromatic N) is 2. The maximum Gasteiger partial charge on any atom is 0.299 e. The number of aliphatic hydroxyl groups is 1. The van der Waals surface area contributed by atoms with Gasteiger partial charge in [-0.2, -0.15) is 0 Å². The highest BCUT2D eigenvalue weighted by molar-refractivity contribution is 6.51. The molecule has 186 valence electrons. The molecular formula is C28H28N2O6. The van der Waals surface area contributed by atoms with Crippen molar-refractivity contribution in [3.63, 3.8) is 0 Å². The van der Waals surface area contributed by atoms with Crippen LogP contribution in [-0.2, 0) is 9.59 Å². The molecule has 1 unspecified atom stereocenters. The van der Waals surface area contributed by atoms with E-state index in [1.165, 1.54) is 20.5 Å². The van der Waals surface area contributed by atoms with Crippen molar-refractivity contribution in [2.45, 2.75) is 38.1 Å². The summed E-state index contributed by atoms with van der Waals surface area (Å²) in [5.74, 6) is -0.535. The molecule has 8 nitrogen and oxygen atoms in total. The third-order valence-electron chi connectivity index (χ3n) is 7.12. The van der Waals surface area contributed by atoms with E-state index in [-0.39, 0.29) is 17.3 Å². The first kappa shape index (κ1) is 23.7. The molecule has 1 amide bonds. The molecule has 1 N–H and O–H groups in total. The van der Waals surface area contributed by atoms with Crippen molar-refractivity contribution in [1.29, 1.82) is 0 Å². The zero-order valence-electron chi connectivity index (χ0n) is 20.3. The van der Waals surface area contributed by atoms with Gasteiger partial charge in [0.1, 0.15) is 17.7 Å². The Hall–Kier alpha value is -4.07. The lowest BCUT2D eigenvalue weighted by atomic mass is 9.80. The summed E-state index contributed by atoms with van der Waals surface area (Å²) in [6, 6.07) is 13.5. The third kappa shape index (κ3) is 4.12. The molecule has 36 heavy (non-hydrogen) atoms. The number of methoxy groups -OCH3 is 2. The molecule has 0 bridgehead atoms. The van der Waals surface area contributed by atoms with Crippen molar-refractivity contribution < 1.29 is 28.7 Å². The van der Waals surface area contributed by atoms with Gasteiger partial charge in [-0.3, -0.25) is 14.5 Å². The van der Waals surface area contributed by atoms with E-state index in [1.54, 1.807) is 41.3 Å². The summed E-state index contributed by atoms with van der Waals surface area (Å²) in [4.78, 5) is 28.4. The van der Waals surface area contributed by atoms with E-state index in [2.05, 4.69) is 5.16 Å².